The van der Waals surface area contributed by atoms with Crippen LogP contribution in [-0.2, 0) is 13.4 Å². The summed E-state index contributed by atoms with van der Waals surface area (Å²) in [4.78, 5) is 0. The number of aliphatic hydroxyl groups excluding tert-OH is 1. The Morgan fingerprint density at radius 1 is 1.64 bits per heavy atom. The highest BCUT2D eigenvalue weighted by atomic mass is 32.1. The molecule has 2 unspecified atom stereocenters. The molecule has 1 aliphatic rings. The maximum atomic E-state index is 9.34. The first kappa shape index (κ1) is 9.71. The Labute approximate surface area is 73.1 Å². The van der Waals surface area contributed by atoms with E-state index < -0.39 is 12.4 Å². The smallest absolute Gasteiger partial charge is 0.172 e. The van der Waals surface area contributed by atoms with Crippen molar-refractivity contribution in [3.63, 3.8) is 0 Å². The first-order valence-electron chi connectivity index (χ1n) is 3.23. The lowest BCUT2D eigenvalue weighted by molar-refractivity contribution is -0.167. The molecule has 0 spiro atoms. The van der Waals surface area contributed by atoms with E-state index in [1.165, 1.54) is 0 Å². The minimum atomic E-state index is -0.543. The van der Waals surface area contributed by atoms with Crippen LogP contribution >= 0.6 is 22.4 Å². The quantitative estimate of drug-likeness (QED) is 0.376. The number of hydrogen-bond acceptors (Lipinski definition) is 5. The summed E-state index contributed by atoms with van der Waals surface area (Å²) in [7, 11) is 2.10. The minimum absolute atomic E-state index is 0.278. The van der Waals surface area contributed by atoms with Gasteiger partial charge in [0.2, 0.25) is 0 Å². The molecule has 6 heteroatoms. The van der Waals surface area contributed by atoms with Crippen LogP contribution in [0.15, 0.2) is 0 Å². The monoisotopic (exact) mass is 198 g/mol. The van der Waals surface area contributed by atoms with E-state index in [1.807, 2.05) is 0 Å². The van der Waals surface area contributed by atoms with Crippen LogP contribution in [0.25, 0.3) is 0 Å². The lowest BCUT2D eigenvalue weighted by Gasteiger charge is -2.30. The molecule has 4 nitrogen and oxygen atoms in total. The summed E-state index contributed by atoms with van der Waals surface area (Å²) in [6.07, 6.45) is -0.856. The van der Waals surface area contributed by atoms with E-state index in [2.05, 4.69) is 26.6 Å². The maximum Gasteiger partial charge on any atom is 0.172 e. The second-order valence-electron chi connectivity index (χ2n) is 2.35. The average molecular weight is 198 g/mol. The molecule has 1 aliphatic heterocycles. The third kappa shape index (κ3) is 2.54. The highest BCUT2D eigenvalue weighted by molar-refractivity contribution is 7.75. The molecule has 1 fully saturated rings. The second-order valence-corrected chi connectivity index (χ2v) is 2.83. The van der Waals surface area contributed by atoms with Gasteiger partial charge in [-0.05, 0) is 12.9 Å². The van der Waals surface area contributed by atoms with Gasteiger partial charge in [0, 0.05) is 15.9 Å². The zero-order valence-electron chi connectivity index (χ0n) is 5.84. The Kier molecular flexibility index (Phi) is 4.06. The Morgan fingerprint density at radius 2 is 2.36 bits per heavy atom. The van der Waals surface area contributed by atoms with Crippen LogP contribution in [-0.4, -0.2) is 30.2 Å². The fourth-order valence-corrected chi connectivity index (χ4v) is 1.34. The standard InChI is InChI=1S/C5H11O4PS/c6-3-1-5(9-11)7-2-4(3)8-10/h3-6,11H,1-2,10H2/t3-,4+,5?/m0/s1. The molecule has 0 aromatic rings. The summed E-state index contributed by atoms with van der Waals surface area (Å²) in [5.41, 5.74) is 0. The molecule has 1 heterocycles. The second kappa shape index (κ2) is 4.60. The van der Waals surface area contributed by atoms with Crippen LogP contribution in [0, 0.1) is 0 Å². The number of thiol groups is 1. The van der Waals surface area contributed by atoms with Crippen LogP contribution in [0.2, 0.25) is 0 Å². The Balaban J connectivity index is 2.34. The predicted molar refractivity (Wildman–Crippen MR) is 45.0 cm³/mol. The van der Waals surface area contributed by atoms with Crippen molar-refractivity contribution in [3.8, 4) is 0 Å². The molecule has 1 saturated heterocycles. The highest BCUT2D eigenvalue weighted by Gasteiger charge is 2.29. The van der Waals surface area contributed by atoms with Crippen LogP contribution in [0.4, 0.5) is 0 Å². The van der Waals surface area contributed by atoms with Crippen molar-refractivity contribution in [2.45, 2.75) is 24.9 Å². The highest BCUT2D eigenvalue weighted by Crippen LogP contribution is 2.19. The van der Waals surface area contributed by atoms with E-state index in [0.717, 1.165) is 0 Å². The van der Waals surface area contributed by atoms with Crippen molar-refractivity contribution in [2.75, 3.05) is 6.61 Å². The van der Waals surface area contributed by atoms with E-state index in [0.29, 0.717) is 13.0 Å². The van der Waals surface area contributed by atoms with Gasteiger partial charge in [-0.1, -0.05) is 0 Å². The molecule has 0 aliphatic carbocycles. The fourth-order valence-electron chi connectivity index (χ4n) is 0.934. The summed E-state index contributed by atoms with van der Waals surface area (Å²) < 4.78 is 14.6. The van der Waals surface area contributed by atoms with E-state index >= 15 is 0 Å². The topological polar surface area (TPSA) is 47.9 Å². The molecule has 0 aromatic carbocycles. The lowest BCUT2D eigenvalue weighted by Crippen LogP contribution is -2.41. The molecular weight excluding hydrogens is 187 g/mol. The van der Waals surface area contributed by atoms with Crippen molar-refractivity contribution in [3.05, 3.63) is 0 Å². The Bertz CT molecular complexity index is 125. The van der Waals surface area contributed by atoms with Crippen LogP contribution in [0.5, 0.6) is 0 Å². The molecule has 0 aromatic heterocycles. The largest absolute Gasteiger partial charge is 0.390 e. The van der Waals surface area contributed by atoms with Crippen molar-refractivity contribution in [2.24, 2.45) is 0 Å². The number of hydrogen-bond donors (Lipinski definition) is 2. The summed E-state index contributed by atoms with van der Waals surface area (Å²) >= 11 is 3.58. The molecule has 4 atom stereocenters. The van der Waals surface area contributed by atoms with Gasteiger partial charge < -0.3 is 14.4 Å². The van der Waals surface area contributed by atoms with Gasteiger partial charge in [-0.15, -0.1) is 0 Å². The molecule has 1 N–H and O–H groups in total. The number of ether oxygens (including phenoxy) is 1. The van der Waals surface area contributed by atoms with Crippen LogP contribution in [0.1, 0.15) is 6.42 Å². The third-order valence-electron chi connectivity index (χ3n) is 1.60. The summed E-state index contributed by atoms with van der Waals surface area (Å²) in [6, 6.07) is 0. The van der Waals surface area contributed by atoms with Gasteiger partial charge in [0.25, 0.3) is 0 Å². The van der Waals surface area contributed by atoms with Crippen LogP contribution in [0.3, 0.4) is 0 Å². The zero-order chi connectivity index (χ0) is 8.27. The van der Waals surface area contributed by atoms with E-state index in [9.17, 15) is 5.11 Å². The summed E-state index contributed by atoms with van der Waals surface area (Å²) in [5.74, 6) is 0. The molecule has 0 amide bonds. The van der Waals surface area contributed by atoms with Gasteiger partial charge in [0.05, 0.1) is 12.7 Å². The lowest BCUT2D eigenvalue weighted by atomic mass is 10.1. The van der Waals surface area contributed by atoms with Crippen LogP contribution < -0.4 is 0 Å². The summed E-state index contributed by atoms with van der Waals surface area (Å²) in [6.45, 7) is 0.329. The Morgan fingerprint density at radius 3 is 2.82 bits per heavy atom. The SMILES string of the molecule is O[C@H]1CC(OS)OC[C@H]1OP. The van der Waals surface area contributed by atoms with E-state index in [1.54, 1.807) is 0 Å². The van der Waals surface area contributed by atoms with Crippen molar-refractivity contribution in [1.29, 1.82) is 0 Å². The molecule has 0 radical (unpaired) electrons. The molecule has 1 rings (SSSR count). The molecule has 0 bridgehead atoms. The average Bonchev–Trinajstić information content (AvgIpc) is 2.04. The molecule has 0 saturated carbocycles. The number of aliphatic hydroxyl groups is 1. The van der Waals surface area contributed by atoms with Gasteiger partial charge >= 0.3 is 0 Å². The summed E-state index contributed by atoms with van der Waals surface area (Å²) in [5, 5.41) is 9.34. The first-order valence-corrected chi connectivity index (χ1v) is 4.07. The first-order chi connectivity index (χ1) is 5.27. The normalized spacial score (nSPS) is 39.0. The van der Waals surface area contributed by atoms with Gasteiger partial charge in [0.1, 0.15) is 6.10 Å². The number of rotatable bonds is 2. The van der Waals surface area contributed by atoms with Crippen molar-refractivity contribution < 1.29 is 18.6 Å². The van der Waals surface area contributed by atoms with Crippen molar-refractivity contribution >= 4 is 22.4 Å². The van der Waals surface area contributed by atoms with E-state index in [-0.39, 0.29) is 6.10 Å². The maximum absolute atomic E-state index is 9.34. The van der Waals surface area contributed by atoms with E-state index in [4.69, 9.17) is 9.26 Å². The minimum Gasteiger partial charge on any atom is -0.390 e. The Hall–Kier alpha value is 0.620. The fraction of sp³-hybridized carbons (Fsp3) is 1.00. The zero-order valence-corrected chi connectivity index (χ0v) is 7.89. The van der Waals surface area contributed by atoms with Crippen molar-refractivity contribution in [1.82, 2.24) is 0 Å². The van der Waals surface area contributed by atoms with Gasteiger partial charge in [0.15, 0.2) is 6.29 Å². The van der Waals surface area contributed by atoms with Gasteiger partial charge in [-0.2, -0.15) is 0 Å². The molecule has 66 valence electrons. The molecule has 11 heavy (non-hydrogen) atoms. The van der Waals surface area contributed by atoms with Gasteiger partial charge in [-0.3, -0.25) is 4.18 Å². The van der Waals surface area contributed by atoms with Gasteiger partial charge in [-0.25, -0.2) is 0 Å². The predicted octanol–water partition coefficient (Wildman–Crippen LogP) is 0.130. The molecular formula is C5H11O4PS. The third-order valence-corrected chi connectivity index (χ3v) is 2.19.